The highest BCUT2D eigenvalue weighted by Gasteiger charge is 2.13. The summed E-state index contributed by atoms with van der Waals surface area (Å²) >= 11 is 10.9. The Balaban J connectivity index is 2.37. The van der Waals surface area contributed by atoms with Crippen LogP contribution in [0.5, 0.6) is 5.75 Å². The number of carbonyl (C=O) groups is 1. The molecule has 1 aromatic carbocycles. The Morgan fingerprint density at radius 3 is 2.50 bits per heavy atom. The largest absolute Gasteiger partial charge is 0.490 e. The molecule has 5 heteroatoms. The van der Waals surface area contributed by atoms with Crippen molar-refractivity contribution in [2.24, 2.45) is 0 Å². The third kappa shape index (κ3) is 4.73. The number of alkyl halides is 2. The first kappa shape index (κ1) is 13.1. The molecule has 1 aromatic rings. The van der Waals surface area contributed by atoms with Gasteiger partial charge >= 0.3 is 5.97 Å². The van der Waals surface area contributed by atoms with Crippen LogP contribution >= 0.6 is 23.2 Å². The molecular formula is C11H12Cl2O3. The van der Waals surface area contributed by atoms with E-state index in [9.17, 15) is 4.79 Å². The lowest BCUT2D eigenvalue weighted by Crippen LogP contribution is -2.27. The SMILES string of the molecule is O=C(CCl)OC(CCl)COc1ccccc1. The van der Waals surface area contributed by atoms with Crippen molar-refractivity contribution in [2.45, 2.75) is 6.10 Å². The number of para-hydroxylation sites is 1. The average molecular weight is 263 g/mol. The molecule has 1 rings (SSSR count). The highest BCUT2D eigenvalue weighted by Crippen LogP contribution is 2.09. The van der Waals surface area contributed by atoms with Crippen molar-refractivity contribution >= 4 is 29.2 Å². The van der Waals surface area contributed by atoms with E-state index in [0.29, 0.717) is 5.75 Å². The van der Waals surface area contributed by atoms with E-state index >= 15 is 0 Å². The van der Waals surface area contributed by atoms with Crippen LogP contribution in [0.15, 0.2) is 30.3 Å². The van der Waals surface area contributed by atoms with Gasteiger partial charge in [0.05, 0.1) is 5.88 Å². The minimum atomic E-state index is -0.496. The van der Waals surface area contributed by atoms with E-state index in [1.165, 1.54) is 0 Å². The van der Waals surface area contributed by atoms with Crippen LogP contribution in [-0.4, -0.2) is 30.4 Å². The summed E-state index contributed by atoms with van der Waals surface area (Å²) < 4.78 is 10.3. The predicted octanol–water partition coefficient (Wildman–Crippen LogP) is 2.45. The van der Waals surface area contributed by atoms with Crippen LogP contribution in [0.3, 0.4) is 0 Å². The number of hydrogen-bond acceptors (Lipinski definition) is 3. The van der Waals surface area contributed by atoms with E-state index in [1.54, 1.807) is 0 Å². The number of rotatable bonds is 6. The van der Waals surface area contributed by atoms with Gasteiger partial charge in [-0.05, 0) is 12.1 Å². The summed E-state index contributed by atoms with van der Waals surface area (Å²) in [4.78, 5) is 10.9. The summed E-state index contributed by atoms with van der Waals surface area (Å²) in [6.07, 6.45) is -0.479. The van der Waals surface area contributed by atoms with Gasteiger partial charge < -0.3 is 9.47 Å². The minimum absolute atomic E-state index is 0.176. The molecule has 88 valence electrons. The van der Waals surface area contributed by atoms with Crippen LogP contribution < -0.4 is 4.74 Å². The zero-order chi connectivity index (χ0) is 11.8. The lowest BCUT2D eigenvalue weighted by Gasteiger charge is -2.15. The maximum absolute atomic E-state index is 10.9. The monoisotopic (exact) mass is 262 g/mol. The first-order valence-corrected chi connectivity index (χ1v) is 5.82. The zero-order valence-electron chi connectivity index (χ0n) is 8.57. The van der Waals surface area contributed by atoms with E-state index in [1.807, 2.05) is 30.3 Å². The van der Waals surface area contributed by atoms with E-state index in [4.69, 9.17) is 32.7 Å². The highest BCUT2D eigenvalue weighted by atomic mass is 35.5. The fourth-order valence-electron chi connectivity index (χ4n) is 1.03. The van der Waals surface area contributed by atoms with Gasteiger partial charge in [-0.1, -0.05) is 18.2 Å². The van der Waals surface area contributed by atoms with E-state index < -0.39 is 12.1 Å². The Morgan fingerprint density at radius 2 is 1.94 bits per heavy atom. The van der Waals surface area contributed by atoms with Gasteiger partial charge in [0.1, 0.15) is 24.3 Å². The highest BCUT2D eigenvalue weighted by molar-refractivity contribution is 6.26. The summed E-state index contributed by atoms with van der Waals surface area (Å²) in [5.74, 6) is 0.206. The molecule has 0 radical (unpaired) electrons. The molecule has 1 atom stereocenters. The van der Waals surface area contributed by atoms with Crippen LogP contribution in [0, 0.1) is 0 Å². The van der Waals surface area contributed by atoms with Gasteiger partial charge in [-0.3, -0.25) is 4.79 Å². The summed E-state index contributed by atoms with van der Waals surface area (Å²) in [7, 11) is 0. The van der Waals surface area contributed by atoms with Gasteiger partial charge in [-0.2, -0.15) is 0 Å². The summed E-state index contributed by atoms with van der Waals surface area (Å²) in [5.41, 5.74) is 0. The molecule has 0 aliphatic heterocycles. The summed E-state index contributed by atoms with van der Waals surface area (Å²) in [6.45, 7) is 0.218. The first-order chi connectivity index (χ1) is 7.76. The van der Waals surface area contributed by atoms with Gasteiger partial charge in [0.25, 0.3) is 0 Å². The molecule has 0 heterocycles. The van der Waals surface area contributed by atoms with Gasteiger partial charge in [0.15, 0.2) is 0 Å². The van der Waals surface area contributed by atoms with Gasteiger partial charge in [-0.15, -0.1) is 23.2 Å². The Kier molecular flexibility index (Phi) is 6.04. The Morgan fingerprint density at radius 1 is 1.25 bits per heavy atom. The smallest absolute Gasteiger partial charge is 0.321 e. The van der Waals surface area contributed by atoms with Crippen LogP contribution in [0.4, 0.5) is 0 Å². The fourth-order valence-corrected chi connectivity index (χ4v) is 1.25. The van der Waals surface area contributed by atoms with Gasteiger partial charge in [0.2, 0.25) is 0 Å². The first-order valence-electron chi connectivity index (χ1n) is 4.75. The van der Waals surface area contributed by atoms with Crippen LogP contribution in [0.1, 0.15) is 0 Å². The number of carbonyl (C=O) groups excluding carboxylic acids is 1. The van der Waals surface area contributed by atoms with Crippen molar-refractivity contribution in [3.8, 4) is 5.75 Å². The molecule has 0 aliphatic carbocycles. The summed E-state index contributed by atoms with van der Waals surface area (Å²) in [5, 5.41) is 0. The molecule has 0 fully saturated rings. The second-order valence-electron chi connectivity index (χ2n) is 3.02. The van der Waals surface area contributed by atoms with Crippen LogP contribution in [-0.2, 0) is 9.53 Å². The molecule has 3 nitrogen and oxygen atoms in total. The van der Waals surface area contributed by atoms with E-state index in [2.05, 4.69) is 0 Å². The number of ether oxygens (including phenoxy) is 2. The summed E-state index contributed by atoms with van der Waals surface area (Å²) in [6, 6.07) is 9.23. The van der Waals surface area contributed by atoms with Crippen molar-refractivity contribution < 1.29 is 14.3 Å². The predicted molar refractivity (Wildman–Crippen MR) is 63.3 cm³/mol. The minimum Gasteiger partial charge on any atom is -0.490 e. The van der Waals surface area contributed by atoms with Gasteiger partial charge in [0, 0.05) is 0 Å². The van der Waals surface area contributed by atoms with Crippen molar-refractivity contribution in [1.29, 1.82) is 0 Å². The lowest BCUT2D eigenvalue weighted by atomic mass is 10.3. The molecule has 0 amide bonds. The molecule has 0 aliphatic rings. The quantitative estimate of drug-likeness (QED) is 0.584. The zero-order valence-corrected chi connectivity index (χ0v) is 10.1. The fraction of sp³-hybridized carbons (Fsp3) is 0.364. The standard InChI is InChI=1S/C11H12Cl2O3/c12-6-10(16-11(14)7-13)8-15-9-4-2-1-3-5-9/h1-5,10H,6-8H2. The number of esters is 1. The third-order valence-corrected chi connectivity index (χ3v) is 2.32. The average Bonchev–Trinajstić information content (AvgIpc) is 2.35. The Bertz CT molecular complexity index is 316. The molecule has 16 heavy (non-hydrogen) atoms. The topological polar surface area (TPSA) is 35.5 Å². The normalized spacial score (nSPS) is 11.9. The van der Waals surface area contributed by atoms with E-state index in [-0.39, 0.29) is 18.4 Å². The molecule has 0 saturated carbocycles. The van der Waals surface area contributed by atoms with E-state index in [0.717, 1.165) is 0 Å². The van der Waals surface area contributed by atoms with Crippen LogP contribution in [0.2, 0.25) is 0 Å². The second-order valence-corrected chi connectivity index (χ2v) is 3.60. The van der Waals surface area contributed by atoms with Crippen molar-refractivity contribution in [3.05, 3.63) is 30.3 Å². The van der Waals surface area contributed by atoms with Crippen molar-refractivity contribution in [3.63, 3.8) is 0 Å². The van der Waals surface area contributed by atoms with Crippen molar-refractivity contribution in [2.75, 3.05) is 18.4 Å². The van der Waals surface area contributed by atoms with Crippen molar-refractivity contribution in [1.82, 2.24) is 0 Å². The maximum atomic E-state index is 10.9. The van der Waals surface area contributed by atoms with Gasteiger partial charge in [-0.25, -0.2) is 0 Å². The third-order valence-electron chi connectivity index (χ3n) is 1.76. The molecule has 0 spiro atoms. The molecule has 0 saturated heterocycles. The number of halogens is 2. The Labute approximate surface area is 104 Å². The maximum Gasteiger partial charge on any atom is 0.321 e. The lowest BCUT2D eigenvalue weighted by molar-refractivity contribution is -0.146. The molecular weight excluding hydrogens is 251 g/mol. The molecule has 1 unspecified atom stereocenters. The molecule has 0 aromatic heterocycles. The Hall–Kier alpha value is -0.930. The number of hydrogen-bond donors (Lipinski definition) is 0. The van der Waals surface area contributed by atoms with Crippen LogP contribution in [0.25, 0.3) is 0 Å². The second kappa shape index (κ2) is 7.36. The molecule has 0 bridgehead atoms. The number of benzene rings is 1. The molecule has 0 N–H and O–H groups in total.